The SMILES string of the molecule is O=C(Nc1cccc2ccccc12)c1cccc(N=Cc2cccc([N+](=O)[O-])c2O)c1. The van der Waals surface area contributed by atoms with E-state index in [1.54, 1.807) is 24.3 Å². The number of nitro benzene ring substituents is 1. The number of amides is 1. The molecule has 152 valence electrons. The third-order valence-corrected chi connectivity index (χ3v) is 4.74. The van der Waals surface area contributed by atoms with E-state index in [4.69, 9.17) is 0 Å². The minimum Gasteiger partial charge on any atom is -0.502 e. The Morgan fingerprint density at radius 1 is 0.968 bits per heavy atom. The van der Waals surface area contributed by atoms with Gasteiger partial charge in [0.1, 0.15) is 0 Å². The molecule has 0 atom stereocenters. The summed E-state index contributed by atoms with van der Waals surface area (Å²) >= 11 is 0. The Hall–Kier alpha value is -4.52. The zero-order valence-corrected chi connectivity index (χ0v) is 16.2. The second-order valence-electron chi connectivity index (χ2n) is 6.76. The van der Waals surface area contributed by atoms with Gasteiger partial charge in [-0.25, -0.2) is 0 Å². The molecule has 0 aliphatic heterocycles. The van der Waals surface area contributed by atoms with E-state index in [0.717, 1.165) is 10.8 Å². The first-order valence-corrected chi connectivity index (χ1v) is 9.42. The molecule has 31 heavy (non-hydrogen) atoms. The first kappa shape index (κ1) is 19.8. The van der Waals surface area contributed by atoms with Gasteiger partial charge in [0.2, 0.25) is 5.75 Å². The fourth-order valence-electron chi connectivity index (χ4n) is 3.20. The van der Waals surface area contributed by atoms with E-state index in [2.05, 4.69) is 10.3 Å². The van der Waals surface area contributed by atoms with Gasteiger partial charge in [-0.15, -0.1) is 0 Å². The van der Waals surface area contributed by atoms with Crippen molar-refractivity contribution in [1.82, 2.24) is 0 Å². The van der Waals surface area contributed by atoms with Crippen LogP contribution >= 0.6 is 0 Å². The van der Waals surface area contributed by atoms with Crippen LogP contribution < -0.4 is 5.32 Å². The largest absolute Gasteiger partial charge is 0.502 e. The fraction of sp³-hybridized carbons (Fsp3) is 0. The number of nitro groups is 1. The van der Waals surface area contributed by atoms with E-state index in [1.807, 2.05) is 42.5 Å². The smallest absolute Gasteiger partial charge is 0.311 e. The molecule has 1 amide bonds. The topological polar surface area (TPSA) is 105 Å². The highest BCUT2D eigenvalue weighted by atomic mass is 16.6. The van der Waals surface area contributed by atoms with Crippen molar-refractivity contribution in [1.29, 1.82) is 0 Å². The van der Waals surface area contributed by atoms with Gasteiger partial charge in [-0.1, -0.05) is 48.5 Å². The number of para-hydroxylation sites is 1. The Balaban J connectivity index is 1.57. The molecule has 4 aromatic carbocycles. The Bertz CT molecular complexity index is 1330. The normalized spacial score (nSPS) is 11.0. The average molecular weight is 411 g/mol. The number of phenols is 1. The Morgan fingerprint density at radius 3 is 2.55 bits per heavy atom. The number of hydrogen-bond donors (Lipinski definition) is 2. The van der Waals surface area contributed by atoms with Crippen molar-refractivity contribution in [3.63, 3.8) is 0 Å². The van der Waals surface area contributed by atoms with Crippen LogP contribution in [0.2, 0.25) is 0 Å². The van der Waals surface area contributed by atoms with E-state index in [9.17, 15) is 20.0 Å². The summed E-state index contributed by atoms with van der Waals surface area (Å²) in [5, 5.41) is 25.9. The molecule has 7 heteroatoms. The van der Waals surface area contributed by atoms with Gasteiger partial charge in [0.15, 0.2) is 0 Å². The van der Waals surface area contributed by atoms with Crippen LogP contribution in [-0.2, 0) is 0 Å². The number of anilines is 1. The standard InChI is InChI=1S/C24H17N3O4/c28-23-18(9-5-13-22(23)27(30)31)15-25-19-10-3-8-17(14-19)24(29)26-21-12-4-7-16-6-1-2-11-20(16)21/h1-15,28H,(H,26,29). The molecule has 0 spiro atoms. The summed E-state index contributed by atoms with van der Waals surface area (Å²) in [4.78, 5) is 27.3. The summed E-state index contributed by atoms with van der Waals surface area (Å²) < 4.78 is 0. The third kappa shape index (κ3) is 4.25. The van der Waals surface area contributed by atoms with Crippen molar-refractivity contribution < 1.29 is 14.8 Å². The van der Waals surface area contributed by atoms with Crippen LogP contribution in [0.5, 0.6) is 5.75 Å². The summed E-state index contributed by atoms with van der Waals surface area (Å²) in [6.45, 7) is 0. The lowest BCUT2D eigenvalue weighted by Gasteiger charge is -2.09. The van der Waals surface area contributed by atoms with Crippen molar-refractivity contribution in [3.8, 4) is 5.75 Å². The summed E-state index contributed by atoms with van der Waals surface area (Å²) in [6.07, 6.45) is 1.32. The molecule has 0 aromatic heterocycles. The van der Waals surface area contributed by atoms with Gasteiger partial charge >= 0.3 is 5.69 Å². The number of carbonyl (C=O) groups is 1. The molecule has 0 heterocycles. The maximum Gasteiger partial charge on any atom is 0.311 e. The minimum absolute atomic E-state index is 0.208. The van der Waals surface area contributed by atoms with Crippen LogP contribution in [0.4, 0.5) is 17.1 Å². The van der Waals surface area contributed by atoms with Crippen LogP contribution in [0.3, 0.4) is 0 Å². The van der Waals surface area contributed by atoms with E-state index < -0.39 is 16.4 Å². The molecular weight excluding hydrogens is 394 g/mol. The fourth-order valence-corrected chi connectivity index (χ4v) is 3.20. The molecule has 0 saturated heterocycles. The first-order valence-electron chi connectivity index (χ1n) is 9.42. The second kappa shape index (κ2) is 8.46. The second-order valence-corrected chi connectivity index (χ2v) is 6.76. The van der Waals surface area contributed by atoms with E-state index in [-0.39, 0.29) is 11.5 Å². The Labute approximate surface area is 177 Å². The molecule has 4 rings (SSSR count). The van der Waals surface area contributed by atoms with Crippen LogP contribution in [-0.4, -0.2) is 22.2 Å². The molecule has 0 saturated carbocycles. The number of carbonyl (C=O) groups excluding carboxylic acids is 1. The highest BCUT2D eigenvalue weighted by Gasteiger charge is 2.15. The van der Waals surface area contributed by atoms with Gasteiger partial charge in [0.25, 0.3) is 5.91 Å². The number of rotatable bonds is 5. The number of aromatic hydroxyl groups is 1. The number of phenolic OH excluding ortho intramolecular Hbond substituents is 1. The minimum atomic E-state index is -0.662. The van der Waals surface area contributed by atoms with Gasteiger partial charge in [0, 0.05) is 34.5 Å². The van der Waals surface area contributed by atoms with Gasteiger partial charge in [-0.05, 0) is 35.7 Å². The van der Waals surface area contributed by atoms with E-state index in [0.29, 0.717) is 16.9 Å². The van der Waals surface area contributed by atoms with E-state index in [1.165, 1.54) is 24.4 Å². The highest BCUT2D eigenvalue weighted by Crippen LogP contribution is 2.29. The molecule has 0 aliphatic carbocycles. The van der Waals surface area contributed by atoms with Crippen LogP contribution in [0, 0.1) is 10.1 Å². The predicted octanol–water partition coefficient (Wildman–Crippen LogP) is 5.46. The molecule has 0 unspecified atom stereocenters. The van der Waals surface area contributed by atoms with Crippen molar-refractivity contribution in [3.05, 3.63) is 106 Å². The number of benzene rings is 4. The van der Waals surface area contributed by atoms with Gasteiger partial charge in [0.05, 0.1) is 10.6 Å². The maximum atomic E-state index is 12.8. The third-order valence-electron chi connectivity index (χ3n) is 4.74. The number of hydrogen-bond acceptors (Lipinski definition) is 5. The predicted molar refractivity (Wildman–Crippen MR) is 120 cm³/mol. The lowest BCUT2D eigenvalue weighted by atomic mass is 10.1. The lowest BCUT2D eigenvalue weighted by molar-refractivity contribution is -0.385. The maximum absolute atomic E-state index is 12.8. The van der Waals surface area contributed by atoms with Crippen molar-refractivity contribution in [2.45, 2.75) is 0 Å². The van der Waals surface area contributed by atoms with Gasteiger partial charge in [-0.3, -0.25) is 19.9 Å². The van der Waals surface area contributed by atoms with Crippen molar-refractivity contribution >= 4 is 40.0 Å². The molecule has 0 bridgehead atoms. The van der Waals surface area contributed by atoms with Crippen LogP contribution in [0.25, 0.3) is 10.8 Å². The number of nitrogens with zero attached hydrogens (tertiary/aromatic N) is 2. The number of fused-ring (bicyclic) bond motifs is 1. The molecule has 0 aliphatic rings. The van der Waals surface area contributed by atoms with Crippen LogP contribution in [0.1, 0.15) is 15.9 Å². The van der Waals surface area contributed by atoms with Gasteiger partial charge in [-0.2, -0.15) is 0 Å². The monoisotopic (exact) mass is 411 g/mol. The summed E-state index contributed by atoms with van der Waals surface area (Å²) in [5.41, 5.74) is 1.40. The Kier molecular flexibility index (Phi) is 5.40. The molecular formula is C24H17N3O4. The summed E-state index contributed by atoms with van der Waals surface area (Å²) in [7, 11) is 0. The molecule has 2 N–H and O–H groups in total. The van der Waals surface area contributed by atoms with Crippen LogP contribution in [0.15, 0.2) is 89.9 Å². The molecule has 4 aromatic rings. The first-order chi connectivity index (χ1) is 15.0. The van der Waals surface area contributed by atoms with Crippen molar-refractivity contribution in [2.24, 2.45) is 4.99 Å². The number of aliphatic imine (C=N–C) groups is 1. The zero-order chi connectivity index (χ0) is 21.8. The number of nitrogens with one attached hydrogen (secondary N) is 1. The molecule has 0 fully saturated rings. The van der Waals surface area contributed by atoms with Gasteiger partial charge < -0.3 is 10.4 Å². The quantitative estimate of drug-likeness (QED) is 0.258. The average Bonchev–Trinajstić information content (AvgIpc) is 2.78. The molecule has 7 nitrogen and oxygen atoms in total. The lowest BCUT2D eigenvalue weighted by Crippen LogP contribution is -2.11. The van der Waals surface area contributed by atoms with E-state index >= 15 is 0 Å². The zero-order valence-electron chi connectivity index (χ0n) is 16.2. The summed E-state index contributed by atoms with van der Waals surface area (Å²) in [5.74, 6) is -0.743. The Morgan fingerprint density at radius 2 is 1.71 bits per heavy atom. The molecule has 0 radical (unpaired) electrons. The highest BCUT2D eigenvalue weighted by molar-refractivity contribution is 6.09. The van der Waals surface area contributed by atoms with Crippen molar-refractivity contribution in [2.75, 3.05) is 5.32 Å². The summed E-state index contributed by atoms with van der Waals surface area (Å²) in [6, 6.07) is 24.3.